The lowest BCUT2D eigenvalue weighted by atomic mass is 10.0. The predicted octanol–water partition coefficient (Wildman–Crippen LogP) is 2.55. The first-order chi connectivity index (χ1) is 10.5. The van der Waals surface area contributed by atoms with E-state index in [9.17, 15) is 9.59 Å². The normalized spacial score (nSPS) is 20.4. The Hall–Kier alpha value is -2.30. The molecule has 22 heavy (non-hydrogen) atoms. The summed E-state index contributed by atoms with van der Waals surface area (Å²) in [6, 6.07) is 5.73. The lowest BCUT2D eigenvalue weighted by Crippen LogP contribution is -2.52. The van der Waals surface area contributed by atoms with Gasteiger partial charge in [-0.25, -0.2) is 0 Å². The Kier molecular flexibility index (Phi) is 4.54. The second-order valence-corrected chi connectivity index (χ2v) is 5.30. The van der Waals surface area contributed by atoms with Gasteiger partial charge in [0.1, 0.15) is 11.9 Å². The van der Waals surface area contributed by atoms with E-state index in [2.05, 4.69) is 18.0 Å². The van der Waals surface area contributed by atoms with Crippen LogP contribution < -0.4 is 15.1 Å². The van der Waals surface area contributed by atoms with Crippen LogP contribution in [0.4, 0.5) is 11.4 Å². The van der Waals surface area contributed by atoms with Gasteiger partial charge in [-0.05, 0) is 31.0 Å². The van der Waals surface area contributed by atoms with Crippen LogP contribution in [0, 0.1) is 6.92 Å². The van der Waals surface area contributed by atoms with Crippen molar-refractivity contribution in [3.63, 3.8) is 0 Å². The Morgan fingerprint density at radius 2 is 1.91 bits per heavy atom. The Bertz CT molecular complexity index is 624. The third-order valence-corrected chi connectivity index (χ3v) is 3.94. The number of carbonyl (C=O) groups excluding carboxylic acids is 2. The highest BCUT2D eigenvalue weighted by atomic mass is 16.2. The standard InChI is InChI=1S/C15H17N3O2.C2H6/c1-9-4-5-11-13(8-9)17(3)10(2)18(11)12-6-7-14(19)16-15(12)20;1-2/h4-5,8,12H,2,6-7H2,1,3H3,(H,16,19,20);1-2H3. The van der Waals surface area contributed by atoms with Gasteiger partial charge in [0.2, 0.25) is 11.8 Å². The minimum absolute atomic E-state index is 0.200. The molecule has 5 heteroatoms. The largest absolute Gasteiger partial charge is 0.330 e. The highest BCUT2D eigenvalue weighted by Crippen LogP contribution is 2.42. The molecule has 0 spiro atoms. The summed E-state index contributed by atoms with van der Waals surface area (Å²) in [5.41, 5.74) is 3.17. The Balaban J connectivity index is 0.000000847. The Morgan fingerprint density at radius 1 is 1.23 bits per heavy atom. The van der Waals surface area contributed by atoms with Crippen LogP contribution in [0.3, 0.4) is 0 Å². The maximum absolute atomic E-state index is 12.1. The van der Waals surface area contributed by atoms with Crippen molar-refractivity contribution in [1.29, 1.82) is 0 Å². The molecule has 1 unspecified atom stereocenters. The Morgan fingerprint density at radius 3 is 2.55 bits per heavy atom. The number of carbonyl (C=O) groups is 2. The van der Waals surface area contributed by atoms with E-state index in [0.717, 1.165) is 22.8 Å². The van der Waals surface area contributed by atoms with Gasteiger partial charge in [-0.2, -0.15) is 0 Å². The molecule has 2 aliphatic heterocycles. The van der Waals surface area contributed by atoms with E-state index in [1.54, 1.807) is 0 Å². The third kappa shape index (κ3) is 2.58. The van der Waals surface area contributed by atoms with Crippen molar-refractivity contribution in [1.82, 2.24) is 5.32 Å². The summed E-state index contributed by atoms with van der Waals surface area (Å²) in [6.07, 6.45) is 0.885. The molecule has 0 bridgehead atoms. The summed E-state index contributed by atoms with van der Waals surface area (Å²) in [4.78, 5) is 27.3. The quantitative estimate of drug-likeness (QED) is 0.810. The zero-order valence-electron chi connectivity index (χ0n) is 13.6. The fraction of sp³-hybridized carbons (Fsp3) is 0.412. The van der Waals surface area contributed by atoms with Gasteiger partial charge in [0.25, 0.3) is 0 Å². The fourth-order valence-electron chi connectivity index (χ4n) is 2.82. The van der Waals surface area contributed by atoms with Crippen molar-refractivity contribution < 1.29 is 9.59 Å². The van der Waals surface area contributed by atoms with Crippen LogP contribution >= 0.6 is 0 Å². The predicted molar refractivity (Wildman–Crippen MR) is 88.7 cm³/mol. The van der Waals surface area contributed by atoms with Crippen molar-refractivity contribution in [2.45, 2.75) is 39.7 Å². The number of amides is 2. The molecule has 2 heterocycles. The van der Waals surface area contributed by atoms with Crippen molar-refractivity contribution in [3.05, 3.63) is 36.2 Å². The van der Waals surface area contributed by atoms with E-state index >= 15 is 0 Å². The number of imide groups is 1. The van der Waals surface area contributed by atoms with E-state index in [1.807, 2.05) is 49.8 Å². The summed E-state index contributed by atoms with van der Waals surface area (Å²) in [5, 5.41) is 2.40. The van der Waals surface area contributed by atoms with E-state index in [-0.39, 0.29) is 17.9 Å². The highest BCUT2D eigenvalue weighted by molar-refractivity contribution is 6.03. The molecule has 2 aliphatic rings. The van der Waals surface area contributed by atoms with Crippen molar-refractivity contribution in [2.24, 2.45) is 0 Å². The molecule has 1 N–H and O–H groups in total. The molecule has 1 saturated heterocycles. The number of piperidine rings is 1. The number of benzene rings is 1. The molecule has 0 aliphatic carbocycles. The summed E-state index contributed by atoms with van der Waals surface area (Å²) in [7, 11) is 1.94. The van der Waals surface area contributed by atoms with E-state index in [0.29, 0.717) is 12.8 Å². The number of hydrogen-bond donors (Lipinski definition) is 1. The smallest absolute Gasteiger partial charge is 0.249 e. The lowest BCUT2D eigenvalue weighted by molar-refractivity contribution is -0.134. The first-order valence-electron chi connectivity index (χ1n) is 7.65. The molecule has 0 radical (unpaired) electrons. The van der Waals surface area contributed by atoms with Gasteiger partial charge in [-0.1, -0.05) is 26.5 Å². The first-order valence-corrected chi connectivity index (χ1v) is 7.65. The topological polar surface area (TPSA) is 52.6 Å². The zero-order valence-corrected chi connectivity index (χ0v) is 13.6. The van der Waals surface area contributed by atoms with Gasteiger partial charge in [-0.15, -0.1) is 0 Å². The van der Waals surface area contributed by atoms with Gasteiger partial charge < -0.3 is 9.80 Å². The lowest BCUT2D eigenvalue weighted by Gasteiger charge is -2.32. The summed E-state index contributed by atoms with van der Waals surface area (Å²) < 4.78 is 0. The number of fused-ring (bicyclic) bond motifs is 1. The van der Waals surface area contributed by atoms with Crippen LogP contribution in [0.5, 0.6) is 0 Å². The Labute approximate surface area is 131 Å². The second-order valence-electron chi connectivity index (χ2n) is 5.30. The molecule has 118 valence electrons. The van der Waals surface area contributed by atoms with Gasteiger partial charge in [-0.3, -0.25) is 14.9 Å². The molecular formula is C17H23N3O2. The van der Waals surface area contributed by atoms with E-state index in [1.165, 1.54) is 0 Å². The SMILES string of the molecule is C=C1N(C)c2cc(C)ccc2N1C1CCC(=O)NC1=O.CC. The average molecular weight is 301 g/mol. The minimum atomic E-state index is -0.369. The number of anilines is 2. The molecule has 1 fully saturated rings. The van der Waals surface area contributed by atoms with Crippen LogP contribution in [-0.2, 0) is 9.59 Å². The second kappa shape index (κ2) is 6.22. The van der Waals surface area contributed by atoms with Gasteiger partial charge >= 0.3 is 0 Å². The summed E-state index contributed by atoms with van der Waals surface area (Å²) >= 11 is 0. The monoisotopic (exact) mass is 301 g/mol. The number of nitrogens with one attached hydrogen (secondary N) is 1. The van der Waals surface area contributed by atoms with Crippen LogP contribution in [0.15, 0.2) is 30.6 Å². The molecule has 3 rings (SSSR count). The van der Waals surface area contributed by atoms with Gasteiger partial charge in [0, 0.05) is 13.5 Å². The van der Waals surface area contributed by atoms with Gasteiger partial charge in [0.15, 0.2) is 0 Å². The molecule has 1 aromatic carbocycles. The minimum Gasteiger partial charge on any atom is -0.330 e. The van der Waals surface area contributed by atoms with Gasteiger partial charge in [0.05, 0.1) is 11.4 Å². The fourth-order valence-corrected chi connectivity index (χ4v) is 2.82. The molecule has 0 aromatic heterocycles. The van der Waals surface area contributed by atoms with E-state index < -0.39 is 0 Å². The number of hydrogen-bond acceptors (Lipinski definition) is 4. The maximum Gasteiger partial charge on any atom is 0.249 e. The van der Waals surface area contributed by atoms with Crippen LogP contribution in [0.1, 0.15) is 32.3 Å². The maximum atomic E-state index is 12.1. The van der Waals surface area contributed by atoms with E-state index in [4.69, 9.17) is 0 Å². The van der Waals surface area contributed by atoms with Crippen LogP contribution in [0.2, 0.25) is 0 Å². The highest BCUT2D eigenvalue weighted by Gasteiger charge is 2.38. The molecule has 2 amide bonds. The molecule has 5 nitrogen and oxygen atoms in total. The van der Waals surface area contributed by atoms with Crippen LogP contribution in [0.25, 0.3) is 0 Å². The number of nitrogens with zero attached hydrogens (tertiary/aromatic N) is 2. The molecule has 0 saturated carbocycles. The summed E-state index contributed by atoms with van der Waals surface area (Å²) in [6.45, 7) is 10.1. The number of aryl methyl sites for hydroxylation is 1. The van der Waals surface area contributed by atoms with Crippen molar-refractivity contribution >= 4 is 23.2 Å². The number of rotatable bonds is 1. The summed E-state index contributed by atoms with van der Waals surface area (Å²) in [5.74, 6) is 0.317. The molecule has 1 atom stereocenters. The first kappa shape index (κ1) is 16.1. The van der Waals surface area contributed by atoms with Crippen molar-refractivity contribution in [3.8, 4) is 0 Å². The third-order valence-electron chi connectivity index (χ3n) is 3.94. The van der Waals surface area contributed by atoms with Crippen LogP contribution in [-0.4, -0.2) is 24.9 Å². The van der Waals surface area contributed by atoms with Crippen molar-refractivity contribution in [2.75, 3.05) is 16.8 Å². The molecule has 1 aromatic rings. The molecular weight excluding hydrogens is 278 g/mol. The zero-order chi connectivity index (χ0) is 16.4. The average Bonchev–Trinajstić information content (AvgIpc) is 2.74.